The predicted molar refractivity (Wildman–Crippen MR) is 117 cm³/mol. The fraction of sp³-hybridized carbons (Fsp3) is 0.174. The molecule has 0 fully saturated rings. The first-order chi connectivity index (χ1) is 15.2. The van der Waals surface area contributed by atoms with E-state index in [0.29, 0.717) is 36.2 Å². The summed E-state index contributed by atoms with van der Waals surface area (Å²) in [4.78, 5) is 20.6. The molecule has 0 aliphatic carbocycles. The monoisotopic (exact) mass is 416 g/mol. The smallest absolute Gasteiger partial charge is 0.392 e. The SMILES string of the molecule is CCn1c(=O)n(-c2ccc(Oc3[nH]c4ccccc4[n+]3CCO)cc2)c2ncccc21. The Balaban J connectivity index is 1.52. The zero-order valence-corrected chi connectivity index (χ0v) is 17.0. The van der Waals surface area contributed by atoms with Crippen molar-refractivity contribution in [3.05, 3.63) is 77.3 Å². The summed E-state index contributed by atoms with van der Waals surface area (Å²) in [6, 6.07) is 19.4. The molecule has 0 saturated heterocycles. The number of aromatic nitrogens is 5. The van der Waals surface area contributed by atoms with Crippen LogP contribution >= 0.6 is 0 Å². The lowest BCUT2D eigenvalue weighted by molar-refractivity contribution is -0.676. The number of H-pyrrole nitrogens is 1. The summed E-state index contributed by atoms with van der Waals surface area (Å²) in [5.41, 5.74) is 3.90. The van der Waals surface area contributed by atoms with Gasteiger partial charge in [0.15, 0.2) is 16.7 Å². The average Bonchev–Trinajstić information content (AvgIpc) is 3.28. The van der Waals surface area contributed by atoms with Crippen molar-refractivity contribution in [2.75, 3.05) is 6.61 Å². The molecule has 8 nitrogen and oxygen atoms in total. The number of nitrogens with zero attached hydrogens (tertiary/aromatic N) is 4. The van der Waals surface area contributed by atoms with Gasteiger partial charge in [-0.1, -0.05) is 12.1 Å². The topological polar surface area (TPSA) is 89.0 Å². The van der Waals surface area contributed by atoms with E-state index in [0.717, 1.165) is 16.6 Å². The van der Waals surface area contributed by atoms with Gasteiger partial charge in [0.25, 0.3) is 0 Å². The van der Waals surface area contributed by atoms with E-state index in [1.165, 1.54) is 0 Å². The lowest BCUT2D eigenvalue weighted by Crippen LogP contribution is -2.35. The second-order valence-corrected chi connectivity index (χ2v) is 7.13. The minimum Gasteiger partial charge on any atom is -0.392 e. The molecule has 0 amide bonds. The lowest BCUT2D eigenvalue weighted by atomic mass is 10.3. The first-order valence-electron chi connectivity index (χ1n) is 10.2. The number of aryl methyl sites for hydroxylation is 1. The molecular weight excluding hydrogens is 394 g/mol. The van der Waals surface area contributed by atoms with Gasteiger partial charge in [-0.15, -0.1) is 0 Å². The fourth-order valence-corrected chi connectivity index (χ4v) is 3.91. The van der Waals surface area contributed by atoms with Crippen LogP contribution in [0.2, 0.25) is 0 Å². The van der Waals surface area contributed by atoms with E-state index in [1.807, 2.05) is 72.2 Å². The quantitative estimate of drug-likeness (QED) is 0.417. The Kier molecular flexibility index (Phi) is 4.76. The molecule has 5 aromatic rings. The van der Waals surface area contributed by atoms with Crippen molar-refractivity contribution in [2.45, 2.75) is 20.0 Å². The van der Waals surface area contributed by atoms with Crippen LogP contribution in [0.4, 0.5) is 0 Å². The molecule has 0 spiro atoms. The number of aromatic amines is 1. The van der Waals surface area contributed by atoms with Crippen molar-refractivity contribution < 1.29 is 14.4 Å². The summed E-state index contributed by atoms with van der Waals surface area (Å²) >= 11 is 0. The second-order valence-electron chi connectivity index (χ2n) is 7.13. The zero-order chi connectivity index (χ0) is 21.4. The van der Waals surface area contributed by atoms with E-state index < -0.39 is 0 Å². The molecule has 2 N–H and O–H groups in total. The van der Waals surface area contributed by atoms with Crippen molar-refractivity contribution in [1.82, 2.24) is 19.1 Å². The molecule has 8 heteroatoms. The maximum Gasteiger partial charge on any atom is 0.460 e. The third-order valence-corrected chi connectivity index (χ3v) is 5.32. The molecule has 0 unspecified atom stereocenters. The van der Waals surface area contributed by atoms with Crippen molar-refractivity contribution >= 4 is 22.2 Å². The van der Waals surface area contributed by atoms with Crippen LogP contribution in [0, 0.1) is 0 Å². The van der Waals surface area contributed by atoms with Gasteiger partial charge in [-0.2, -0.15) is 4.57 Å². The molecule has 156 valence electrons. The van der Waals surface area contributed by atoms with E-state index in [4.69, 9.17) is 4.74 Å². The Morgan fingerprint density at radius 1 is 1.10 bits per heavy atom. The van der Waals surface area contributed by atoms with E-state index in [2.05, 4.69) is 9.97 Å². The van der Waals surface area contributed by atoms with Gasteiger partial charge < -0.3 is 9.84 Å². The maximum absolute atomic E-state index is 12.9. The summed E-state index contributed by atoms with van der Waals surface area (Å²) in [6.07, 6.45) is 1.69. The Labute approximate surface area is 177 Å². The van der Waals surface area contributed by atoms with Crippen LogP contribution in [-0.2, 0) is 13.1 Å². The van der Waals surface area contributed by atoms with Crippen LogP contribution in [0.25, 0.3) is 27.9 Å². The highest BCUT2D eigenvalue weighted by Gasteiger charge is 2.20. The molecule has 2 aromatic carbocycles. The van der Waals surface area contributed by atoms with Gasteiger partial charge >= 0.3 is 11.7 Å². The predicted octanol–water partition coefficient (Wildman–Crippen LogP) is 2.76. The summed E-state index contributed by atoms with van der Waals surface area (Å²) < 4.78 is 11.3. The number of hydrogen-bond acceptors (Lipinski definition) is 4. The van der Waals surface area contributed by atoms with Crippen LogP contribution in [-0.4, -0.2) is 30.8 Å². The highest BCUT2D eigenvalue weighted by molar-refractivity contribution is 5.74. The van der Waals surface area contributed by atoms with Crippen molar-refractivity contribution in [3.63, 3.8) is 0 Å². The average molecular weight is 416 g/mol. The number of fused-ring (bicyclic) bond motifs is 2. The summed E-state index contributed by atoms with van der Waals surface area (Å²) in [7, 11) is 0. The van der Waals surface area contributed by atoms with Crippen LogP contribution in [0.1, 0.15) is 6.92 Å². The minimum absolute atomic E-state index is 0.000773. The number of aliphatic hydroxyl groups excluding tert-OH is 1. The van der Waals surface area contributed by atoms with Gasteiger partial charge in [-0.25, -0.2) is 19.3 Å². The number of rotatable bonds is 6. The third-order valence-electron chi connectivity index (χ3n) is 5.32. The number of pyridine rings is 1. The van der Waals surface area contributed by atoms with E-state index >= 15 is 0 Å². The number of para-hydroxylation sites is 2. The van der Waals surface area contributed by atoms with Crippen LogP contribution < -0.4 is 15.0 Å². The van der Waals surface area contributed by atoms with Crippen molar-refractivity contribution in [2.24, 2.45) is 0 Å². The van der Waals surface area contributed by atoms with Gasteiger partial charge in [0, 0.05) is 12.7 Å². The van der Waals surface area contributed by atoms with Gasteiger partial charge in [0.05, 0.1) is 17.8 Å². The zero-order valence-electron chi connectivity index (χ0n) is 17.0. The lowest BCUT2D eigenvalue weighted by Gasteiger charge is -2.05. The molecule has 3 heterocycles. The van der Waals surface area contributed by atoms with Gasteiger partial charge in [0.2, 0.25) is 0 Å². The number of benzene rings is 2. The highest BCUT2D eigenvalue weighted by Crippen LogP contribution is 2.23. The maximum atomic E-state index is 12.9. The highest BCUT2D eigenvalue weighted by atomic mass is 16.5. The molecule has 0 radical (unpaired) electrons. The van der Waals surface area contributed by atoms with Crippen LogP contribution in [0.5, 0.6) is 11.8 Å². The fourth-order valence-electron chi connectivity index (χ4n) is 3.91. The number of aliphatic hydroxyl groups is 1. The first kappa shape index (κ1) is 19.1. The third kappa shape index (κ3) is 3.17. The normalized spacial score (nSPS) is 11.4. The Morgan fingerprint density at radius 3 is 2.68 bits per heavy atom. The van der Waals surface area contributed by atoms with E-state index in [-0.39, 0.29) is 12.3 Å². The molecule has 0 aliphatic rings. The molecule has 3 aromatic heterocycles. The summed E-state index contributed by atoms with van der Waals surface area (Å²) in [5, 5.41) is 9.45. The number of hydrogen-bond donors (Lipinski definition) is 2. The second kappa shape index (κ2) is 7.73. The van der Waals surface area contributed by atoms with E-state index in [1.54, 1.807) is 15.3 Å². The van der Waals surface area contributed by atoms with Gasteiger partial charge in [-0.05, 0) is 55.5 Å². The molecule has 31 heavy (non-hydrogen) atoms. The molecule has 0 aliphatic heterocycles. The molecule has 0 saturated carbocycles. The first-order valence-corrected chi connectivity index (χ1v) is 10.2. The number of imidazole rings is 2. The molecule has 5 rings (SSSR count). The number of nitrogens with one attached hydrogen (secondary N) is 1. The summed E-state index contributed by atoms with van der Waals surface area (Å²) in [5.74, 6) is 0.613. The molecule has 0 bridgehead atoms. The molecular formula is C23H22N5O3+. The van der Waals surface area contributed by atoms with Crippen LogP contribution in [0.15, 0.2) is 71.7 Å². The van der Waals surface area contributed by atoms with E-state index in [9.17, 15) is 9.90 Å². The largest absolute Gasteiger partial charge is 0.460 e. The van der Waals surface area contributed by atoms with Crippen molar-refractivity contribution in [3.8, 4) is 17.4 Å². The minimum atomic E-state index is -0.124. The standard InChI is InChI=1S/C23H21N5O3/c1-2-26-20-8-5-13-24-21(20)28(23(26)30)16-9-11-17(12-10-16)31-22-25-18-6-3-4-7-19(18)27(22)14-15-29/h3-13,29H,2,14-15H2,1H3/p+1. The Hall–Kier alpha value is -3.91. The van der Waals surface area contributed by atoms with Crippen LogP contribution in [0.3, 0.4) is 0 Å². The van der Waals surface area contributed by atoms with Crippen molar-refractivity contribution in [1.29, 1.82) is 0 Å². The number of ether oxygens (including phenoxy) is 1. The van der Waals surface area contributed by atoms with Gasteiger partial charge in [0.1, 0.15) is 12.3 Å². The van der Waals surface area contributed by atoms with Gasteiger partial charge in [-0.3, -0.25) is 4.57 Å². The Bertz CT molecular complexity index is 1430. The Morgan fingerprint density at radius 2 is 1.90 bits per heavy atom. The molecule has 0 atom stereocenters. The summed E-state index contributed by atoms with van der Waals surface area (Å²) in [6.45, 7) is 2.92.